The Hall–Kier alpha value is -3.97. The van der Waals surface area contributed by atoms with E-state index >= 15 is 0 Å². The highest BCUT2D eigenvalue weighted by Gasteiger charge is 2.36. The molecule has 1 fully saturated rings. The lowest BCUT2D eigenvalue weighted by molar-refractivity contribution is -0.126. The third-order valence-electron chi connectivity index (χ3n) is 6.36. The first-order valence-electron chi connectivity index (χ1n) is 11.8. The van der Waals surface area contributed by atoms with Crippen molar-refractivity contribution in [3.05, 3.63) is 89.3 Å². The monoisotopic (exact) mass is 497 g/mol. The molecular weight excluding hydrogens is 470 g/mol. The normalized spacial score (nSPS) is 15.2. The predicted octanol–water partition coefficient (Wildman–Crippen LogP) is 5.46. The molecule has 1 aromatic heterocycles. The molecule has 2 amide bonds. The molecule has 1 N–H and O–H groups in total. The molecule has 2 heterocycles. The van der Waals surface area contributed by atoms with Crippen LogP contribution in [0.5, 0.6) is 5.75 Å². The van der Waals surface area contributed by atoms with Crippen LogP contribution in [-0.2, 0) is 16.1 Å². The van der Waals surface area contributed by atoms with E-state index in [0.717, 1.165) is 33.0 Å². The lowest BCUT2D eigenvalue weighted by atomic mass is 10.1. The number of hydrogen-bond acceptors (Lipinski definition) is 5. The quantitative estimate of drug-likeness (QED) is 0.368. The van der Waals surface area contributed by atoms with E-state index in [1.807, 2.05) is 67.6 Å². The molecule has 3 aromatic carbocycles. The molecule has 0 bridgehead atoms. The Morgan fingerprint density at radius 2 is 1.86 bits per heavy atom. The molecule has 1 aliphatic heterocycles. The van der Waals surface area contributed by atoms with Gasteiger partial charge in [-0.15, -0.1) is 11.3 Å². The maximum Gasteiger partial charge on any atom is 0.227 e. The highest BCUT2D eigenvalue weighted by molar-refractivity contribution is 7.13. The van der Waals surface area contributed by atoms with Crippen LogP contribution in [0.25, 0.3) is 21.8 Å². The van der Waals surface area contributed by atoms with Gasteiger partial charge in [0.05, 0.1) is 24.4 Å². The van der Waals surface area contributed by atoms with Crippen LogP contribution in [0.2, 0.25) is 0 Å². The van der Waals surface area contributed by atoms with Gasteiger partial charge in [0.15, 0.2) is 0 Å². The summed E-state index contributed by atoms with van der Waals surface area (Å²) in [5.74, 6) is 0.0515. The van der Waals surface area contributed by atoms with E-state index in [4.69, 9.17) is 9.72 Å². The van der Waals surface area contributed by atoms with Crippen molar-refractivity contribution < 1.29 is 14.3 Å². The molecule has 36 heavy (non-hydrogen) atoms. The number of methoxy groups -OCH3 is 1. The predicted molar refractivity (Wildman–Crippen MR) is 143 cm³/mol. The van der Waals surface area contributed by atoms with E-state index in [9.17, 15) is 9.59 Å². The van der Waals surface area contributed by atoms with Gasteiger partial charge in [-0.3, -0.25) is 9.59 Å². The van der Waals surface area contributed by atoms with Crippen LogP contribution < -0.4 is 15.0 Å². The third-order valence-corrected chi connectivity index (χ3v) is 7.25. The molecule has 0 radical (unpaired) electrons. The molecule has 1 unspecified atom stereocenters. The zero-order chi connectivity index (χ0) is 25.1. The van der Waals surface area contributed by atoms with Crippen LogP contribution in [0, 0.1) is 12.8 Å². The average molecular weight is 498 g/mol. The second-order valence-corrected chi connectivity index (χ2v) is 9.76. The van der Waals surface area contributed by atoms with Crippen molar-refractivity contribution in [3.63, 3.8) is 0 Å². The van der Waals surface area contributed by atoms with Gasteiger partial charge in [0.2, 0.25) is 11.8 Å². The van der Waals surface area contributed by atoms with Crippen LogP contribution in [-0.4, -0.2) is 30.5 Å². The van der Waals surface area contributed by atoms with Crippen LogP contribution in [0.15, 0.2) is 78.2 Å². The fraction of sp³-hybridized carbons (Fsp3) is 0.207. The number of aromatic nitrogens is 1. The maximum atomic E-state index is 12.9. The number of hydrogen-bond donors (Lipinski definition) is 1. The van der Waals surface area contributed by atoms with E-state index in [1.165, 1.54) is 0 Å². The number of anilines is 1. The first kappa shape index (κ1) is 23.8. The molecule has 0 aliphatic carbocycles. The Labute approximate surface area is 214 Å². The molecule has 4 aromatic rings. The topological polar surface area (TPSA) is 71.5 Å². The third kappa shape index (κ3) is 5.02. The summed E-state index contributed by atoms with van der Waals surface area (Å²) < 4.78 is 5.43. The summed E-state index contributed by atoms with van der Waals surface area (Å²) in [6.07, 6.45) is 0.190. The first-order valence-corrected chi connectivity index (χ1v) is 12.7. The zero-order valence-corrected chi connectivity index (χ0v) is 21.0. The maximum absolute atomic E-state index is 12.9. The number of rotatable bonds is 7. The summed E-state index contributed by atoms with van der Waals surface area (Å²) in [5.41, 5.74) is 5.85. The van der Waals surface area contributed by atoms with Gasteiger partial charge in [-0.25, -0.2) is 4.98 Å². The number of benzene rings is 3. The van der Waals surface area contributed by atoms with Gasteiger partial charge in [0, 0.05) is 36.0 Å². The number of nitrogens with zero attached hydrogens (tertiary/aromatic N) is 2. The Balaban J connectivity index is 1.19. The fourth-order valence-electron chi connectivity index (χ4n) is 4.37. The van der Waals surface area contributed by atoms with Crippen molar-refractivity contribution in [1.29, 1.82) is 0 Å². The van der Waals surface area contributed by atoms with Gasteiger partial charge in [0.25, 0.3) is 0 Å². The summed E-state index contributed by atoms with van der Waals surface area (Å²) in [5, 5.41) is 6.02. The van der Waals surface area contributed by atoms with Crippen molar-refractivity contribution in [1.82, 2.24) is 10.3 Å². The number of amides is 2. The second-order valence-electron chi connectivity index (χ2n) is 8.90. The van der Waals surface area contributed by atoms with Gasteiger partial charge in [-0.2, -0.15) is 0 Å². The number of carbonyl (C=O) groups excluding carboxylic acids is 2. The molecule has 7 heteroatoms. The molecule has 6 nitrogen and oxygen atoms in total. The average Bonchev–Trinajstić information content (AvgIpc) is 3.55. The van der Waals surface area contributed by atoms with E-state index in [0.29, 0.717) is 24.5 Å². The Kier molecular flexibility index (Phi) is 6.82. The fourth-order valence-corrected chi connectivity index (χ4v) is 5.21. The number of thiazole rings is 1. The minimum absolute atomic E-state index is 0.0678. The van der Waals surface area contributed by atoms with Crippen molar-refractivity contribution in [2.45, 2.75) is 19.9 Å². The standard InChI is InChI=1S/C29H27N3O3S/c1-19-8-13-26(35-2)25(14-19)32-17-23(15-27(32)33)28(34)30-16-20-9-11-22(12-10-20)29-31-24(18-36-29)21-6-4-3-5-7-21/h3-14,18,23H,15-17H2,1-2H3,(H,30,34). The van der Waals surface area contributed by atoms with E-state index in [1.54, 1.807) is 23.3 Å². The Bertz CT molecular complexity index is 1380. The van der Waals surface area contributed by atoms with Crippen molar-refractivity contribution in [3.8, 4) is 27.6 Å². The Morgan fingerprint density at radius 1 is 1.08 bits per heavy atom. The lowest BCUT2D eigenvalue weighted by Gasteiger charge is -2.20. The van der Waals surface area contributed by atoms with Crippen molar-refractivity contribution in [2.24, 2.45) is 5.92 Å². The van der Waals surface area contributed by atoms with Crippen LogP contribution in [0.1, 0.15) is 17.5 Å². The molecule has 5 rings (SSSR count). The van der Waals surface area contributed by atoms with Gasteiger partial charge >= 0.3 is 0 Å². The van der Waals surface area contributed by atoms with Crippen LogP contribution in [0.3, 0.4) is 0 Å². The highest BCUT2D eigenvalue weighted by Crippen LogP contribution is 2.34. The van der Waals surface area contributed by atoms with E-state index < -0.39 is 5.92 Å². The number of aryl methyl sites for hydroxylation is 1. The smallest absolute Gasteiger partial charge is 0.227 e. The largest absolute Gasteiger partial charge is 0.495 e. The summed E-state index contributed by atoms with van der Waals surface area (Å²) in [6, 6.07) is 23.9. The second kappa shape index (κ2) is 10.3. The zero-order valence-electron chi connectivity index (χ0n) is 20.2. The molecule has 1 saturated heterocycles. The number of ether oxygens (including phenoxy) is 1. The van der Waals surface area contributed by atoms with Crippen molar-refractivity contribution >= 4 is 28.8 Å². The van der Waals surface area contributed by atoms with Gasteiger partial charge in [0.1, 0.15) is 10.8 Å². The molecule has 0 saturated carbocycles. The van der Waals surface area contributed by atoms with Crippen LogP contribution in [0.4, 0.5) is 5.69 Å². The van der Waals surface area contributed by atoms with Gasteiger partial charge in [-0.05, 0) is 30.2 Å². The highest BCUT2D eigenvalue weighted by atomic mass is 32.1. The molecule has 1 atom stereocenters. The SMILES string of the molecule is COc1ccc(C)cc1N1CC(C(=O)NCc2ccc(-c3nc(-c4ccccc4)cs3)cc2)CC1=O. The summed E-state index contributed by atoms with van der Waals surface area (Å²) in [4.78, 5) is 32.0. The molecule has 1 aliphatic rings. The number of carbonyl (C=O) groups is 2. The number of nitrogens with one attached hydrogen (secondary N) is 1. The minimum Gasteiger partial charge on any atom is -0.495 e. The first-order chi connectivity index (χ1) is 17.5. The summed E-state index contributed by atoms with van der Waals surface area (Å²) in [7, 11) is 1.58. The molecular formula is C29H27N3O3S. The van der Waals surface area contributed by atoms with Crippen LogP contribution >= 0.6 is 11.3 Å². The summed E-state index contributed by atoms with van der Waals surface area (Å²) in [6.45, 7) is 2.72. The van der Waals surface area contributed by atoms with E-state index in [-0.39, 0.29) is 18.2 Å². The minimum atomic E-state index is -0.395. The summed E-state index contributed by atoms with van der Waals surface area (Å²) >= 11 is 1.61. The Morgan fingerprint density at radius 3 is 2.61 bits per heavy atom. The van der Waals surface area contributed by atoms with Gasteiger partial charge in [-0.1, -0.05) is 60.7 Å². The van der Waals surface area contributed by atoms with Gasteiger partial charge < -0.3 is 15.0 Å². The molecule has 0 spiro atoms. The molecule has 182 valence electrons. The van der Waals surface area contributed by atoms with E-state index in [2.05, 4.69) is 22.8 Å². The van der Waals surface area contributed by atoms with Crippen molar-refractivity contribution in [2.75, 3.05) is 18.6 Å². The lowest BCUT2D eigenvalue weighted by Crippen LogP contribution is -2.32.